The van der Waals surface area contributed by atoms with E-state index in [4.69, 9.17) is 10.5 Å². The molecule has 0 spiro atoms. The Morgan fingerprint density at radius 1 is 1.43 bits per heavy atom. The summed E-state index contributed by atoms with van der Waals surface area (Å²) in [5.74, 6) is 0. The Morgan fingerprint density at radius 2 is 2.19 bits per heavy atom. The minimum Gasteiger partial charge on any atom is -0.360 e. The highest BCUT2D eigenvalue weighted by atomic mass is 16.2. The number of nitrogens with zero attached hydrogens (tertiary/aromatic N) is 3. The normalized spacial score (nSPS) is 13.7. The molecule has 1 aliphatic rings. The minimum atomic E-state index is -0.105. The highest BCUT2D eigenvalue weighted by molar-refractivity contribution is 5.94. The van der Waals surface area contributed by atoms with Gasteiger partial charge in [0, 0.05) is 25.0 Å². The molecule has 1 aromatic rings. The monoisotopic (exact) mass is 281 g/mol. The number of benzene rings is 1. The summed E-state index contributed by atoms with van der Waals surface area (Å²) in [5.41, 5.74) is 2.46. The van der Waals surface area contributed by atoms with Crippen molar-refractivity contribution in [2.45, 2.75) is 13.3 Å². The molecule has 2 N–H and O–H groups in total. The van der Waals surface area contributed by atoms with Crippen molar-refractivity contribution in [2.75, 3.05) is 23.3 Å². The van der Waals surface area contributed by atoms with Crippen LogP contribution in [0.25, 0.3) is 0 Å². The number of rotatable bonds is 3. The van der Waals surface area contributed by atoms with Crippen LogP contribution in [0, 0.1) is 29.6 Å². The maximum absolute atomic E-state index is 11.9. The third kappa shape index (κ3) is 3.13. The molecular formula is C15H15N5O. The van der Waals surface area contributed by atoms with Crippen LogP contribution in [-0.4, -0.2) is 19.1 Å². The standard InChI is InChI=1S/C15H15N5O/c1-11-13(19-10-12(8-16)9-17)4-2-5-14(11)20-7-3-6-18-15(20)21/h2,4-5,10,19H,3,6-7H2,1H3,(H,18,21). The van der Waals surface area contributed by atoms with Crippen molar-refractivity contribution in [3.63, 3.8) is 0 Å². The van der Waals surface area contributed by atoms with E-state index in [1.807, 2.05) is 25.1 Å². The number of allylic oxidation sites excluding steroid dienone is 1. The fourth-order valence-corrected chi connectivity index (χ4v) is 2.17. The lowest BCUT2D eigenvalue weighted by Gasteiger charge is -2.29. The molecule has 0 bridgehead atoms. The van der Waals surface area contributed by atoms with E-state index in [1.54, 1.807) is 17.0 Å². The molecule has 2 rings (SSSR count). The number of anilines is 2. The Balaban J connectivity index is 2.28. The molecule has 2 amide bonds. The summed E-state index contributed by atoms with van der Waals surface area (Å²) in [7, 11) is 0. The lowest BCUT2D eigenvalue weighted by molar-refractivity contribution is 0.243. The molecular weight excluding hydrogens is 266 g/mol. The first-order valence-electron chi connectivity index (χ1n) is 6.59. The van der Waals surface area contributed by atoms with Gasteiger partial charge in [0.15, 0.2) is 0 Å². The highest BCUT2D eigenvalue weighted by Crippen LogP contribution is 2.28. The van der Waals surface area contributed by atoms with Crippen LogP contribution in [0.4, 0.5) is 16.2 Å². The molecule has 6 nitrogen and oxygen atoms in total. The zero-order chi connectivity index (χ0) is 15.2. The van der Waals surface area contributed by atoms with E-state index in [0.29, 0.717) is 13.1 Å². The summed E-state index contributed by atoms with van der Waals surface area (Å²) >= 11 is 0. The van der Waals surface area contributed by atoms with Crippen LogP contribution >= 0.6 is 0 Å². The highest BCUT2D eigenvalue weighted by Gasteiger charge is 2.21. The van der Waals surface area contributed by atoms with Crippen LogP contribution in [0.1, 0.15) is 12.0 Å². The van der Waals surface area contributed by atoms with Crippen molar-refractivity contribution in [3.05, 3.63) is 35.5 Å². The molecule has 0 unspecified atom stereocenters. The average molecular weight is 281 g/mol. The topological polar surface area (TPSA) is 91.9 Å². The first-order valence-corrected chi connectivity index (χ1v) is 6.59. The van der Waals surface area contributed by atoms with Crippen molar-refractivity contribution in [1.29, 1.82) is 10.5 Å². The Labute approximate surface area is 123 Å². The van der Waals surface area contributed by atoms with Crippen LogP contribution in [0.2, 0.25) is 0 Å². The number of hydrogen-bond acceptors (Lipinski definition) is 4. The van der Waals surface area contributed by atoms with Crippen molar-refractivity contribution in [1.82, 2.24) is 5.32 Å². The van der Waals surface area contributed by atoms with Crippen molar-refractivity contribution in [2.24, 2.45) is 0 Å². The Kier molecular flexibility index (Phi) is 4.43. The van der Waals surface area contributed by atoms with Gasteiger partial charge in [-0.2, -0.15) is 10.5 Å². The summed E-state index contributed by atoms with van der Waals surface area (Å²) in [4.78, 5) is 13.6. The van der Waals surface area contributed by atoms with Crippen LogP contribution in [0.5, 0.6) is 0 Å². The average Bonchev–Trinajstić information content (AvgIpc) is 2.50. The van der Waals surface area contributed by atoms with Crippen molar-refractivity contribution in [3.8, 4) is 12.1 Å². The second kappa shape index (κ2) is 6.44. The molecule has 1 saturated heterocycles. The second-order valence-corrected chi connectivity index (χ2v) is 4.61. The van der Waals surface area contributed by atoms with E-state index >= 15 is 0 Å². The Bertz CT molecular complexity index is 650. The number of nitriles is 2. The molecule has 1 aliphatic heterocycles. The number of carbonyl (C=O) groups is 1. The summed E-state index contributed by atoms with van der Waals surface area (Å²) < 4.78 is 0. The van der Waals surface area contributed by atoms with Gasteiger partial charge in [0.05, 0.1) is 5.69 Å². The zero-order valence-electron chi connectivity index (χ0n) is 11.7. The van der Waals surface area contributed by atoms with Crippen molar-refractivity contribution < 1.29 is 4.79 Å². The van der Waals surface area contributed by atoms with Gasteiger partial charge in [-0.15, -0.1) is 0 Å². The second-order valence-electron chi connectivity index (χ2n) is 4.61. The molecule has 0 aromatic heterocycles. The van der Waals surface area contributed by atoms with Crippen LogP contribution in [0.15, 0.2) is 30.0 Å². The molecule has 0 radical (unpaired) electrons. The Morgan fingerprint density at radius 3 is 2.86 bits per heavy atom. The minimum absolute atomic E-state index is 0.00415. The van der Waals surface area contributed by atoms with Crippen LogP contribution < -0.4 is 15.5 Å². The number of hydrogen-bond donors (Lipinski definition) is 2. The molecule has 21 heavy (non-hydrogen) atoms. The van der Waals surface area contributed by atoms with E-state index in [9.17, 15) is 4.79 Å². The summed E-state index contributed by atoms with van der Waals surface area (Å²) in [6.07, 6.45) is 2.26. The maximum Gasteiger partial charge on any atom is 0.321 e. The summed E-state index contributed by atoms with van der Waals surface area (Å²) in [5, 5.41) is 23.2. The first-order chi connectivity index (χ1) is 10.2. The SMILES string of the molecule is Cc1c(NC=C(C#N)C#N)cccc1N1CCCNC1=O. The van der Waals surface area contributed by atoms with Gasteiger partial charge in [0.2, 0.25) is 0 Å². The molecule has 1 aromatic carbocycles. The first kappa shape index (κ1) is 14.4. The largest absolute Gasteiger partial charge is 0.360 e. The fourth-order valence-electron chi connectivity index (χ4n) is 2.17. The molecule has 6 heteroatoms. The maximum atomic E-state index is 11.9. The molecule has 0 aliphatic carbocycles. The molecule has 1 fully saturated rings. The predicted molar refractivity (Wildman–Crippen MR) is 79.5 cm³/mol. The van der Waals surface area contributed by atoms with E-state index in [2.05, 4.69) is 10.6 Å². The van der Waals surface area contributed by atoms with Gasteiger partial charge < -0.3 is 10.6 Å². The molecule has 106 valence electrons. The number of nitrogens with one attached hydrogen (secondary N) is 2. The van der Waals surface area contributed by atoms with Gasteiger partial charge in [0.25, 0.3) is 0 Å². The van der Waals surface area contributed by atoms with Crippen molar-refractivity contribution >= 4 is 17.4 Å². The summed E-state index contributed by atoms with van der Waals surface area (Å²) in [6, 6.07) is 9.02. The van der Waals surface area contributed by atoms with E-state index in [1.165, 1.54) is 6.20 Å². The number of amides is 2. The van der Waals surface area contributed by atoms with Gasteiger partial charge in [-0.25, -0.2) is 4.79 Å². The van der Waals surface area contributed by atoms with E-state index in [-0.39, 0.29) is 11.6 Å². The van der Waals surface area contributed by atoms with Crippen LogP contribution in [-0.2, 0) is 0 Å². The van der Waals surface area contributed by atoms with E-state index in [0.717, 1.165) is 23.4 Å². The molecule has 0 saturated carbocycles. The van der Waals surface area contributed by atoms with Gasteiger partial charge in [0.1, 0.15) is 17.7 Å². The quantitative estimate of drug-likeness (QED) is 0.831. The predicted octanol–water partition coefficient (Wildman–Crippen LogP) is 2.26. The lowest BCUT2D eigenvalue weighted by Crippen LogP contribution is -2.46. The smallest absolute Gasteiger partial charge is 0.321 e. The van der Waals surface area contributed by atoms with E-state index < -0.39 is 0 Å². The number of urea groups is 1. The van der Waals surface area contributed by atoms with Gasteiger partial charge in [-0.05, 0) is 31.0 Å². The lowest BCUT2D eigenvalue weighted by atomic mass is 10.1. The summed E-state index contributed by atoms with van der Waals surface area (Å²) in [6.45, 7) is 3.27. The van der Waals surface area contributed by atoms with Gasteiger partial charge >= 0.3 is 6.03 Å². The third-order valence-electron chi connectivity index (χ3n) is 3.29. The van der Waals surface area contributed by atoms with Crippen LogP contribution in [0.3, 0.4) is 0 Å². The number of carbonyl (C=O) groups excluding carboxylic acids is 1. The van der Waals surface area contributed by atoms with Gasteiger partial charge in [-0.3, -0.25) is 4.90 Å². The zero-order valence-corrected chi connectivity index (χ0v) is 11.7. The molecule has 0 atom stereocenters. The Hall–Kier alpha value is -2.99. The third-order valence-corrected chi connectivity index (χ3v) is 3.29. The molecule has 1 heterocycles. The fraction of sp³-hybridized carbons (Fsp3) is 0.267. The van der Waals surface area contributed by atoms with Gasteiger partial charge in [-0.1, -0.05) is 6.07 Å².